The van der Waals surface area contributed by atoms with Crippen LogP contribution in [0.1, 0.15) is 54.4 Å². The second-order valence-corrected chi connectivity index (χ2v) is 15.5. The Morgan fingerprint density at radius 1 is 0.889 bits per heavy atom. The third kappa shape index (κ3) is 19.0. The smallest absolute Gasteiger partial charge is 0.380 e. The number of rotatable bonds is 22. The fraction of sp³-hybridized carbons (Fsp3) is 0.871. The number of carbonyl (C=O) groups is 4. The molecule has 13 nitrogen and oxygen atoms in total. The van der Waals surface area contributed by atoms with Crippen LogP contribution in [0, 0.1) is 10.8 Å². The summed E-state index contributed by atoms with van der Waals surface area (Å²) in [4.78, 5) is 57.7. The molecule has 2 amide bonds. The quantitative estimate of drug-likeness (QED) is 0.0883. The van der Waals surface area contributed by atoms with Gasteiger partial charge in [0, 0.05) is 38.0 Å². The summed E-state index contributed by atoms with van der Waals surface area (Å²) in [5.41, 5.74) is -0.573. The molecular formula is C31H60GaN7O6. The predicted molar refractivity (Wildman–Crippen MR) is 176 cm³/mol. The molecule has 1 atom stereocenters. The summed E-state index contributed by atoms with van der Waals surface area (Å²) < 4.78 is 11.0. The fourth-order valence-corrected chi connectivity index (χ4v) is 5.58. The van der Waals surface area contributed by atoms with Gasteiger partial charge in [0.25, 0.3) is 0 Å². The van der Waals surface area contributed by atoms with Crippen molar-refractivity contribution >= 4 is 42.2 Å². The number of carbonyl (C=O) groups excluding carboxylic acids is 4. The Balaban J connectivity index is 2.33. The molecule has 0 spiro atoms. The normalized spacial score (nSPS) is 15.5. The Bertz CT molecular complexity index is 930. The first kappa shape index (κ1) is 41.5. The second-order valence-electron chi connectivity index (χ2n) is 13.9. The number of nitrogens with zero attached hydrogens (tertiary/aromatic N) is 5. The number of ether oxygens (including phenoxy) is 2. The molecular weight excluding hydrogens is 636 g/mol. The van der Waals surface area contributed by atoms with Crippen molar-refractivity contribution in [1.29, 1.82) is 0 Å². The van der Waals surface area contributed by atoms with Crippen LogP contribution in [0.5, 0.6) is 0 Å². The molecule has 0 saturated carbocycles. The van der Waals surface area contributed by atoms with E-state index in [1.54, 1.807) is 5.01 Å². The van der Waals surface area contributed by atoms with Crippen LogP contribution in [0.25, 0.3) is 0 Å². The van der Waals surface area contributed by atoms with Gasteiger partial charge >= 0.3 is 167 Å². The van der Waals surface area contributed by atoms with Gasteiger partial charge in [0.15, 0.2) is 0 Å². The second kappa shape index (κ2) is 20.7. The van der Waals surface area contributed by atoms with Gasteiger partial charge in [-0.2, -0.15) is 0 Å². The number of hydrogen-bond acceptors (Lipinski definition) is 11. The van der Waals surface area contributed by atoms with Crippen molar-refractivity contribution in [3.63, 3.8) is 0 Å². The first-order valence-corrected chi connectivity index (χ1v) is 17.5. The number of nitrogens with two attached hydrogens (primary N) is 1. The van der Waals surface area contributed by atoms with Gasteiger partial charge in [0.05, 0.1) is 13.2 Å². The van der Waals surface area contributed by atoms with Crippen LogP contribution in [0.2, 0.25) is 0 Å². The molecule has 0 aromatic rings. The van der Waals surface area contributed by atoms with E-state index in [4.69, 9.17) is 15.3 Å². The van der Waals surface area contributed by atoms with Gasteiger partial charge in [-0.25, -0.2) is 5.01 Å². The number of esters is 1. The third-order valence-electron chi connectivity index (χ3n) is 7.76. The zero-order valence-electron chi connectivity index (χ0n) is 29.2. The van der Waals surface area contributed by atoms with Crippen LogP contribution in [0.15, 0.2) is 0 Å². The van der Waals surface area contributed by atoms with Gasteiger partial charge in [-0.15, -0.1) is 0 Å². The predicted octanol–water partition coefficient (Wildman–Crippen LogP) is -0.218. The molecule has 1 rings (SSSR count). The summed E-state index contributed by atoms with van der Waals surface area (Å²) >= 11 is 1.23. The molecule has 0 aromatic carbocycles. The number of nitrogens with one attached hydrogen (secondary N) is 1. The topological polar surface area (TPSA) is 141 Å². The Morgan fingerprint density at radius 2 is 1.51 bits per heavy atom. The van der Waals surface area contributed by atoms with E-state index in [0.717, 1.165) is 6.54 Å². The maximum atomic E-state index is 12.7. The van der Waals surface area contributed by atoms with Gasteiger partial charge in [-0.05, 0) is 5.41 Å². The van der Waals surface area contributed by atoms with Crippen molar-refractivity contribution in [3.05, 3.63) is 0 Å². The summed E-state index contributed by atoms with van der Waals surface area (Å²) in [5, 5.41) is 4.78. The molecule has 0 bridgehead atoms. The standard InChI is InChI=1S/C31H60N7O6.Ga/c1-9-34(7)22-29(42)44-18-11-26(39)20-35(8)12-13-36(10-2)21-27(40)33-23-31(5,6)25-43-24-30(3,4)19-28(41)37-14-16-38(32)17-15-37;/h18H,9-17,19-25,32H2,1-8H3,(H,33,40);. The molecule has 14 heteroatoms. The van der Waals surface area contributed by atoms with Crippen molar-refractivity contribution < 1.29 is 28.7 Å². The number of piperazine rings is 1. The Kier molecular flexibility index (Phi) is 19.0. The number of amides is 2. The van der Waals surface area contributed by atoms with E-state index in [1.165, 1.54) is 18.6 Å². The van der Waals surface area contributed by atoms with E-state index in [9.17, 15) is 19.2 Å². The van der Waals surface area contributed by atoms with Crippen molar-refractivity contribution in [3.8, 4) is 0 Å². The minimum atomic E-state index is -0.402. The van der Waals surface area contributed by atoms with Crippen LogP contribution in [-0.2, 0) is 28.7 Å². The minimum absolute atomic E-state index is 0.0225. The monoisotopic (exact) mass is 695 g/mol. The van der Waals surface area contributed by atoms with Crippen molar-refractivity contribution in [2.75, 3.05) is 106 Å². The molecule has 45 heavy (non-hydrogen) atoms. The summed E-state index contributed by atoms with van der Waals surface area (Å²) in [5.74, 6) is 5.59. The Hall–Kier alpha value is -1.52. The minimum Gasteiger partial charge on any atom is -0.380 e. The van der Waals surface area contributed by atoms with E-state index in [2.05, 4.69) is 5.32 Å². The summed E-state index contributed by atoms with van der Waals surface area (Å²) in [6.45, 7) is 19.7. The van der Waals surface area contributed by atoms with Crippen molar-refractivity contribution in [2.24, 2.45) is 16.7 Å². The number of ketones is 1. The van der Waals surface area contributed by atoms with Crippen molar-refractivity contribution in [1.82, 2.24) is 29.9 Å². The van der Waals surface area contributed by atoms with E-state index in [1.807, 2.05) is 75.2 Å². The summed E-state index contributed by atoms with van der Waals surface area (Å²) in [6.07, 6.45) is 0.616. The van der Waals surface area contributed by atoms with Crippen LogP contribution >= 0.6 is 0 Å². The van der Waals surface area contributed by atoms with Crippen LogP contribution in [0.3, 0.4) is 0 Å². The van der Waals surface area contributed by atoms with Gasteiger partial charge in [-0.1, -0.05) is 27.7 Å². The van der Waals surface area contributed by atoms with E-state index < -0.39 is 4.66 Å². The molecule has 1 fully saturated rings. The van der Waals surface area contributed by atoms with Crippen molar-refractivity contribution in [2.45, 2.75) is 59.0 Å². The fourth-order valence-electron chi connectivity index (χ4n) is 4.71. The molecule has 1 saturated heterocycles. The SMILES string of the molecule is CCN(C)CC(=O)O[C@H]([Ga])CC(=O)CN(C)CCN(CC)CC(=O)NCC(C)(C)COCC(C)(C)CC(=O)N1CCN(N)CC1. The molecule has 0 aromatic heterocycles. The Labute approximate surface area is 281 Å². The van der Waals surface area contributed by atoms with Gasteiger partial charge in [-0.3, -0.25) is 10.6 Å². The van der Waals surface area contributed by atoms with Gasteiger partial charge in [0.2, 0.25) is 5.91 Å². The molecule has 0 aliphatic carbocycles. The van der Waals surface area contributed by atoms with E-state index in [0.29, 0.717) is 72.0 Å². The molecule has 1 heterocycles. The zero-order valence-corrected chi connectivity index (χ0v) is 31.7. The average molecular weight is 697 g/mol. The zero-order chi connectivity index (χ0) is 34.2. The van der Waals surface area contributed by atoms with Crippen LogP contribution in [0.4, 0.5) is 0 Å². The number of likely N-dealkylation sites (N-methyl/N-ethyl adjacent to an activating group) is 3. The molecule has 3 N–H and O–H groups in total. The average Bonchev–Trinajstić information content (AvgIpc) is 2.93. The number of hydrazine groups is 1. The number of Topliss-reactive ketones (excluding diaryl/α,β-unsaturated/α-hetero) is 1. The van der Waals surface area contributed by atoms with Crippen LogP contribution < -0.4 is 11.2 Å². The molecule has 1 aliphatic heterocycles. The van der Waals surface area contributed by atoms with Gasteiger partial charge in [0.1, 0.15) is 0 Å². The van der Waals surface area contributed by atoms with Crippen LogP contribution in [-0.4, -0.2) is 177 Å². The summed E-state index contributed by atoms with van der Waals surface area (Å²) in [7, 11) is 3.73. The summed E-state index contributed by atoms with van der Waals surface area (Å²) in [6, 6.07) is 0. The molecule has 2 radical (unpaired) electrons. The first-order valence-electron chi connectivity index (χ1n) is 16.1. The molecule has 0 unspecified atom stereocenters. The first-order chi connectivity index (χ1) is 20.9. The van der Waals surface area contributed by atoms with E-state index in [-0.39, 0.29) is 60.5 Å². The van der Waals surface area contributed by atoms with E-state index >= 15 is 0 Å². The van der Waals surface area contributed by atoms with Gasteiger partial charge < -0.3 is 9.64 Å². The molecule has 258 valence electrons. The third-order valence-corrected chi connectivity index (χ3v) is 8.54. The molecule has 1 aliphatic rings. The maximum absolute atomic E-state index is 12.7. The Morgan fingerprint density at radius 3 is 2.11 bits per heavy atom. The number of hydrogen-bond donors (Lipinski definition) is 2.